The molecule has 12 heteroatoms. The third-order valence-corrected chi connectivity index (χ3v) is 6.04. The largest absolute Gasteiger partial charge is 0.573 e. The smallest absolute Gasteiger partial charge is 0.436 e. The summed E-state index contributed by atoms with van der Waals surface area (Å²) in [6.07, 6.45) is -0.269. The van der Waals surface area contributed by atoms with Gasteiger partial charge in [-0.15, -0.1) is 13.2 Å². The fourth-order valence-electron chi connectivity index (χ4n) is 4.52. The molecule has 0 spiro atoms. The molecule has 184 valence electrons. The van der Waals surface area contributed by atoms with Gasteiger partial charge in [-0.1, -0.05) is 0 Å². The summed E-state index contributed by atoms with van der Waals surface area (Å²) < 4.78 is 77.2. The summed E-state index contributed by atoms with van der Waals surface area (Å²) in [4.78, 5) is 11.0. The first-order valence-corrected chi connectivity index (χ1v) is 11.0. The van der Waals surface area contributed by atoms with Crippen LogP contribution in [0.15, 0.2) is 59.3 Å². The molecule has 5 aromatic rings. The van der Waals surface area contributed by atoms with Crippen LogP contribution in [0.1, 0.15) is 24.4 Å². The first-order chi connectivity index (χ1) is 17.2. The lowest BCUT2D eigenvalue weighted by Crippen LogP contribution is -2.24. The molecule has 0 unspecified atom stereocenters. The topological polar surface area (TPSA) is 68.7 Å². The van der Waals surface area contributed by atoms with Crippen molar-refractivity contribution < 1.29 is 31.1 Å². The van der Waals surface area contributed by atoms with E-state index in [4.69, 9.17) is 9.40 Å². The molecule has 4 heterocycles. The highest BCUT2D eigenvalue weighted by molar-refractivity contribution is 5.81. The summed E-state index contributed by atoms with van der Waals surface area (Å²) in [7, 11) is 0. The van der Waals surface area contributed by atoms with Crippen LogP contribution in [0.2, 0.25) is 0 Å². The predicted octanol–water partition coefficient (Wildman–Crippen LogP) is 6.06. The predicted molar refractivity (Wildman–Crippen MR) is 118 cm³/mol. The minimum atomic E-state index is -4.83. The minimum absolute atomic E-state index is 0.100. The van der Waals surface area contributed by atoms with Crippen molar-refractivity contribution >= 4 is 22.6 Å². The van der Waals surface area contributed by atoms with Crippen LogP contribution in [0.3, 0.4) is 0 Å². The van der Waals surface area contributed by atoms with Gasteiger partial charge in [0.1, 0.15) is 34.3 Å². The molecule has 0 saturated carbocycles. The first kappa shape index (κ1) is 22.3. The Labute approximate surface area is 199 Å². The summed E-state index contributed by atoms with van der Waals surface area (Å²) >= 11 is 0. The van der Waals surface area contributed by atoms with Crippen molar-refractivity contribution in [3.05, 3.63) is 72.1 Å². The van der Waals surface area contributed by atoms with Gasteiger partial charge in [-0.2, -0.15) is 5.10 Å². The Hall–Kier alpha value is -4.22. The first-order valence-electron chi connectivity index (χ1n) is 11.0. The van der Waals surface area contributed by atoms with Crippen LogP contribution in [-0.2, 0) is 0 Å². The normalized spacial score (nSPS) is 16.4. The maximum Gasteiger partial charge on any atom is 0.573 e. The van der Waals surface area contributed by atoms with E-state index in [9.17, 15) is 22.0 Å². The van der Waals surface area contributed by atoms with Gasteiger partial charge in [-0.3, -0.25) is 0 Å². The molecule has 1 aliphatic heterocycles. The van der Waals surface area contributed by atoms with Crippen LogP contribution in [-0.4, -0.2) is 32.5 Å². The lowest BCUT2D eigenvalue weighted by Gasteiger charge is -2.26. The quantitative estimate of drug-likeness (QED) is 0.279. The number of fused-ring (bicyclic) bond motifs is 2. The Kier molecular flexibility index (Phi) is 5.06. The number of alkyl halides is 3. The van der Waals surface area contributed by atoms with Crippen molar-refractivity contribution in [1.29, 1.82) is 0 Å². The number of benzene rings is 2. The van der Waals surface area contributed by atoms with Crippen molar-refractivity contribution in [2.45, 2.75) is 25.2 Å². The fourth-order valence-corrected chi connectivity index (χ4v) is 4.52. The SMILES string of the molecule is Fc1ccc(F)c([C@H]2CCCN2c2ccn3ncc(-c4nc5ccc(OC(F)(F)F)cc5o4)c3n2)c1. The van der Waals surface area contributed by atoms with Crippen LogP contribution >= 0.6 is 0 Å². The van der Waals surface area contributed by atoms with Crippen LogP contribution in [0.25, 0.3) is 28.2 Å². The summed E-state index contributed by atoms with van der Waals surface area (Å²) in [5.41, 5.74) is 1.49. The molecule has 2 aromatic carbocycles. The zero-order valence-corrected chi connectivity index (χ0v) is 18.3. The number of hydrogen-bond acceptors (Lipinski definition) is 6. The van der Waals surface area contributed by atoms with E-state index in [2.05, 4.69) is 14.8 Å². The number of ether oxygens (including phenoxy) is 1. The molecule has 0 N–H and O–H groups in total. The van der Waals surface area contributed by atoms with Gasteiger partial charge in [0.05, 0.1) is 12.2 Å². The molecule has 0 aliphatic carbocycles. The van der Waals surface area contributed by atoms with Crippen molar-refractivity contribution in [1.82, 2.24) is 19.6 Å². The van der Waals surface area contributed by atoms with E-state index in [0.717, 1.165) is 30.7 Å². The second-order valence-electron chi connectivity index (χ2n) is 8.33. The molecule has 6 rings (SSSR count). The van der Waals surface area contributed by atoms with Gasteiger partial charge in [0.25, 0.3) is 0 Å². The van der Waals surface area contributed by atoms with E-state index in [1.54, 1.807) is 12.3 Å². The maximum atomic E-state index is 14.5. The number of anilines is 1. The van der Waals surface area contributed by atoms with Gasteiger partial charge in [0, 0.05) is 24.4 Å². The van der Waals surface area contributed by atoms with Crippen molar-refractivity contribution in [2.24, 2.45) is 0 Å². The molecule has 0 bridgehead atoms. The van der Waals surface area contributed by atoms with E-state index in [-0.39, 0.29) is 17.0 Å². The second-order valence-corrected chi connectivity index (χ2v) is 8.33. The summed E-state index contributed by atoms with van der Waals surface area (Å²) in [6, 6.07) is 8.35. The van der Waals surface area contributed by atoms with E-state index in [1.165, 1.54) is 22.8 Å². The fraction of sp³-hybridized carbons (Fsp3) is 0.208. The number of aromatic nitrogens is 4. The lowest BCUT2D eigenvalue weighted by atomic mass is 10.0. The van der Waals surface area contributed by atoms with Crippen molar-refractivity contribution in [3.63, 3.8) is 0 Å². The zero-order chi connectivity index (χ0) is 25.0. The van der Waals surface area contributed by atoms with Crippen LogP contribution in [0, 0.1) is 11.6 Å². The Morgan fingerprint density at radius 1 is 1.03 bits per heavy atom. The molecule has 1 atom stereocenters. The molecule has 0 amide bonds. The van der Waals surface area contributed by atoms with E-state index >= 15 is 0 Å². The highest BCUT2D eigenvalue weighted by Gasteiger charge is 2.32. The molecule has 1 saturated heterocycles. The number of oxazole rings is 1. The zero-order valence-electron chi connectivity index (χ0n) is 18.3. The minimum Gasteiger partial charge on any atom is -0.436 e. The van der Waals surface area contributed by atoms with Crippen LogP contribution < -0.4 is 9.64 Å². The monoisotopic (exact) mass is 501 g/mol. The maximum absolute atomic E-state index is 14.5. The highest BCUT2D eigenvalue weighted by atomic mass is 19.4. The third kappa shape index (κ3) is 3.97. The van der Waals surface area contributed by atoms with E-state index < -0.39 is 29.8 Å². The number of hydrogen-bond donors (Lipinski definition) is 0. The van der Waals surface area contributed by atoms with Gasteiger partial charge in [0.2, 0.25) is 5.89 Å². The standard InChI is InChI=1S/C24H16F5N5O2/c25-13-3-5-17(26)15(10-13)19-2-1-8-33(19)21-7-9-34-22(32-21)16(12-30-34)23-31-18-6-4-14(11-20(18)35-23)36-24(27,28)29/h3-7,9-12,19H,1-2,8H2/t19-/m1/s1. The third-order valence-electron chi connectivity index (χ3n) is 6.04. The summed E-state index contributed by atoms with van der Waals surface area (Å²) in [6.45, 7) is 0.595. The lowest BCUT2D eigenvalue weighted by molar-refractivity contribution is -0.274. The van der Waals surface area contributed by atoms with Crippen LogP contribution in [0.4, 0.5) is 27.8 Å². The molecule has 0 radical (unpaired) electrons. The van der Waals surface area contributed by atoms with E-state index in [1.807, 2.05) is 4.90 Å². The van der Waals surface area contributed by atoms with Crippen LogP contribution in [0.5, 0.6) is 5.75 Å². The second kappa shape index (κ2) is 8.18. The summed E-state index contributed by atoms with van der Waals surface area (Å²) in [5, 5.41) is 4.25. The van der Waals surface area contributed by atoms with Gasteiger partial charge in [0.15, 0.2) is 11.2 Å². The number of nitrogens with zero attached hydrogens (tertiary/aromatic N) is 5. The Morgan fingerprint density at radius 3 is 2.72 bits per heavy atom. The molecular formula is C24H16F5N5O2. The Bertz CT molecular complexity index is 1600. The van der Waals surface area contributed by atoms with Gasteiger partial charge < -0.3 is 14.1 Å². The van der Waals surface area contributed by atoms with Gasteiger partial charge in [-0.05, 0) is 49.2 Å². The molecule has 7 nitrogen and oxygen atoms in total. The average molecular weight is 501 g/mol. The summed E-state index contributed by atoms with van der Waals surface area (Å²) in [5.74, 6) is -0.780. The molecule has 1 fully saturated rings. The van der Waals surface area contributed by atoms with Gasteiger partial charge >= 0.3 is 6.36 Å². The number of rotatable bonds is 4. The van der Waals surface area contributed by atoms with E-state index in [0.29, 0.717) is 35.5 Å². The number of halogens is 5. The van der Waals surface area contributed by atoms with Gasteiger partial charge in [-0.25, -0.2) is 23.3 Å². The molecule has 1 aliphatic rings. The molecule has 3 aromatic heterocycles. The molecule has 36 heavy (non-hydrogen) atoms. The van der Waals surface area contributed by atoms with Crippen molar-refractivity contribution in [2.75, 3.05) is 11.4 Å². The Morgan fingerprint density at radius 2 is 1.89 bits per heavy atom. The Balaban J connectivity index is 1.37. The average Bonchev–Trinajstić information content (AvgIpc) is 3.56. The van der Waals surface area contributed by atoms with Crippen molar-refractivity contribution in [3.8, 4) is 17.2 Å². The highest BCUT2D eigenvalue weighted by Crippen LogP contribution is 2.38. The molecular weight excluding hydrogens is 485 g/mol.